The number of nitrogens with zero attached hydrogens (tertiary/aromatic N) is 1. The van der Waals surface area contributed by atoms with Crippen LogP contribution in [0.5, 0.6) is 11.6 Å². The van der Waals surface area contributed by atoms with E-state index in [2.05, 4.69) is 14.5 Å². The molecule has 11 heteroatoms. The van der Waals surface area contributed by atoms with E-state index in [9.17, 15) is 31.1 Å². The molecule has 0 radical (unpaired) electrons. The third kappa shape index (κ3) is 4.68. The van der Waals surface area contributed by atoms with E-state index in [0.29, 0.717) is 0 Å². The molecular weight excluding hydrogens is 312 g/mol. The minimum atomic E-state index is -5.27. The lowest BCUT2D eigenvalue weighted by atomic mass is 10.1. The Balaban J connectivity index is 3.46. The molecule has 1 aromatic rings. The van der Waals surface area contributed by atoms with Crippen LogP contribution >= 0.6 is 0 Å². The van der Waals surface area contributed by atoms with Gasteiger partial charge in [0.05, 0.1) is 19.2 Å². The highest BCUT2D eigenvalue weighted by Gasteiger charge is 2.39. The van der Waals surface area contributed by atoms with Crippen LogP contribution < -0.4 is 9.47 Å². The van der Waals surface area contributed by atoms with Gasteiger partial charge in [0, 0.05) is 6.07 Å². The summed E-state index contributed by atoms with van der Waals surface area (Å²) >= 11 is 0. The van der Waals surface area contributed by atoms with Crippen LogP contribution in [0, 0.1) is 0 Å². The summed E-state index contributed by atoms with van der Waals surface area (Å²) < 4.78 is 82.2. The topological polar surface area (TPSA) is 68.7 Å². The zero-order valence-corrected chi connectivity index (χ0v) is 10.2. The van der Waals surface area contributed by atoms with E-state index in [-0.39, 0.29) is 6.07 Å². The summed E-state index contributed by atoms with van der Waals surface area (Å²) in [6.07, 6.45) is -11.4. The standard InChI is InChI=1S/C10H7F6NO4/c1-20-8-4(9(11,12)13)2-6(21-10(14,15)16)17-5(8)3-7(18)19/h2H,3H2,1H3,(H,18,19). The van der Waals surface area contributed by atoms with Crippen LogP contribution in [0.2, 0.25) is 0 Å². The number of aromatic nitrogens is 1. The van der Waals surface area contributed by atoms with E-state index in [0.717, 1.165) is 7.11 Å². The van der Waals surface area contributed by atoms with Gasteiger partial charge in [-0.25, -0.2) is 4.98 Å². The van der Waals surface area contributed by atoms with Crippen LogP contribution in [0.3, 0.4) is 0 Å². The highest BCUT2D eigenvalue weighted by atomic mass is 19.4. The number of ether oxygens (including phenoxy) is 2. The Bertz CT molecular complexity index is 540. The van der Waals surface area contributed by atoms with Gasteiger partial charge < -0.3 is 14.6 Å². The molecule has 1 N–H and O–H groups in total. The number of carbonyl (C=O) groups is 1. The van der Waals surface area contributed by atoms with Gasteiger partial charge >= 0.3 is 18.5 Å². The lowest BCUT2D eigenvalue weighted by Gasteiger charge is -2.17. The molecule has 0 unspecified atom stereocenters. The minimum absolute atomic E-state index is 0.0162. The molecule has 118 valence electrons. The van der Waals surface area contributed by atoms with Crippen molar-refractivity contribution in [1.29, 1.82) is 0 Å². The second-order valence-electron chi connectivity index (χ2n) is 3.60. The lowest BCUT2D eigenvalue weighted by Crippen LogP contribution is -2.20. The van der Waals surface area contributed by atoms with Gasteiger partial charge in [-0.1, -0.05) is 0 Å². The van der Waals surface area contributed by atoms with Crippen LogP contribution in [0.4, 0.5) is 26.3 Å². The van der Waals surface area contributed by atoms with Gasteiger partial charge in [0.1, 0.15) is 5.56 Å². The van der Waals surface area contributed by atoms with E-state index in [1.54, 1.807) is 0 Å². The largest absolute Gasteiger partial charge is 0.574 e. The maximum Gasteiger partial charge on any atom is 0.574 e. The first-order valence-electron chi connectivity index (χ1n) is 5.06. The molecule has 0 aliphatic carbocycles. The van der Waals surface area contributed by atoms with Gasteiger partial charge in [-0.3, -0.25) is 4.79 Å². The Labute approximate surface area is 113 Å². The van der Waals surface area contributed by atoms with Gasteiger partial charge in [0.2, 0.25) is 5.88 Å². The number of carboxylic acids is 1. The third-order valence-electron chi connectivity index (χ3n) is 2.07. The molecule has 0 fully saturated rings. The van der Waals surface area contributed by atoms with E-state index in [1.165, 1.54) is 0 Å². The Kier molecular flexibility index (Phi) is 4.54. The number of hydrogen-bond donors (Lipinski definition) is 1. The first kappa shape index (κ1) is 16.9. The van der Waals surface area contributed by atoms with Crippen molar-refractivity contribution in [2.24, 2.45) is 0 Å². The molecule has 0 saturated carbocycles. The van der Waals surface area contributed by atoms with Crippen LogP contribution in [-0.2, 0) is 17.4 Å². The van der Waals surface area contributed by atoms with E-state index < -0.39 is 47.8 Å². The van der Waals surface area contributed by atoms with Crippen molar-refractivity contribution < 1.29 is 45.7 Å². The molecule has 0 aliphatic rings. The molecule has 0 amide bonds. The van der Waals surface area contributed by atoms with Gasteiger partial charge in [-0.15, -0.1) is 13.2 Å². The highest BCUT2D eigenvalue weighted by molar-refractivity contribution is 5.71. The van der Waals surface area contributed by atoms with Crippen molar-refractivity contribution in [3.63, 3.8) is 0 Å². The molecule has 0 bridgehead atoms. The molecule has 21 heavy (non-hydrogen) atoms. The fourth-order valence-corrected chi connectivity index (χ4v) is 1.43. The summed E-state index contributed by atoms with van der Waals surface area (Å²) in [6, 6.07) is -0.0162. The van der Waals surface area contributed by atoms with Gasteiger partial charge in [-0.2, -0.15) is 13.2 Å². The monoisotopic (exact) mass is 319 g/mol. The zero-order valence-electron chi connectivity index (χ0n) is 10.2. The van der Waals surface area contributed by atoms with Crippen molar-refractivity contribution in [2.45, 2.75) is 19.0 Å². The van der Waals surface area contributed by atoms with Crippen LogP contribution in [0.15, 0.2) is 6.07 Å². The number of hydrogen-bond acceptors (Lipinski definition) is 4. The second-order valence-corrected chi connectivity index (χ2v) is 3.60. The Morgan fingerprint density at radius 1 is 1.29 bits per heavy atom. The maximum absolute atomic E-state index is 12.8. The molecule has 1 heterocycles. The summed E-state index contributed by atoms with van der Waals surface area (Å²) in [5.41, 5.74) is -2.45. The smallest absolute Gasteiger partial charge is 0.494 e. The van der Waals surface area contributed by atoms with E-state index in [4.69, 9.17) is 5.11 Å². The Hall–Kier alpha value is -2.20. The minimum Gasteiger partial charge on any atom is -0.494 e. The van der Waals surface area contributed by atoms with Crippen molar-refractivity contribution in [3.05, 3.63) is 17.3 Å². The predicted molar refractivity (Wildman–Crippen MR) is 53.8 cm³/mol. The molecule has 0 aromatic carbocycles. The van der Waals surface area contributed by atoms with Crippen LogP contribution in [-0.4, -0.2) is 29.5 Å². The van der Waals surface area contributed by atoms with Crippen molar-refractivity contribution in [3.8, 4) is 11.6 Å². The van der Waals surface area contributed by atoms with Gasteiger partial charge in [0.25, 0.3) is 0 Å². The SMILES string of the molecule is COc1c(C(F)(F)F)cc(OC(F)(F)F)nc1CC(=O)O. The Morgan fingerprint density at radius 3 is 2.24 bits per heavy atom. The van der Waals surface area contributed by atoms with Crippen LogP contribution in [0.25, 0.3) is 0 Å². The summed E-state index contributed by atoms with van der Waals surface area (Å²) in [6.45, 7) is 0. The number of halogens is 6. The molecule has 0 atom stereocenters. The molecule has 0 saturated heterocycles. The van der Waals surface area contributed by atoms with Gasteiger partial charge in [0.15, 0.2) is 5.75 Å². The first-order valence-corrected chi connectivity index (χ1v) is 5.06. The molecule has 5 nitrogen and oxygen atoms in total. The number of rotatable bonds is 4. The summed E-state index contributed by atoms with van der Waals surface area (Å²) in [5.74, 6) is -4.00. The normalized spacial score (nSPS) is 12.1. The fourth-order valence-electron chi connectivity index (χ4n) is 1.43. The molecule has 1 rings (SSSR count). The molecule has 0 spiro atoms. The second kappa shape index (κ2) is 5.66. The van der Waals surface area contributed by atoms with Crippen molar-refractivity contribution in [1.82, 2.24) is 4.98 Å². The summed E-state index contributed by atoms with van der Waals surface area (Å²) in [7, 11) is 0.807. The van der Waals surface area contributed by atoms with E-state index in [1.807, 2.05) is 0 Å². The number of pyridine rings is 1. The first-order chi connectivity index (χ1) is 9.44. The molecule has 0 aliphatic heterocycles. The quantitative estimate of drug-likeness (QED) is 0.864. The predicted octanol–water partition coefficient (Wildman–Crippen LogP) is 2.63. The fraction of sp³-hybridized carbons (Fsp3) is 0.400. The number of methoxy groups -OCH3 is 1. The molecule has 1 aromatic heterocycles. The average molecular weight is 319 g/mol. The summed E-state index contributed by atoms with van der Waals surface area (Å²) in [5, 5.41) is 8.56. The highest BCUT2D eigenvalue weighted by Crippen LogP contribution is 2.40. The number of carboxylic acid groups (broad SMARTS) is 1. The number of alkyl halides is 6. The lowest BCUT2D eigenvalue weighted by molar-refractivity contribution is -0.276. The summed E-state index contributed by atoms with van der Waals surface area (Å²) in [4.78, 5) is 13.6. The number of aliphatic carboxylic acids is 1. The van der Waals surface area contributed by atoms with Gasteiger partial charge in [-0.05, 0) is 0 Å². The maximum atomic E-state index is 12.8. The third-order valence-corrected chi connectivity index (χ3v) is 2.07. The van der Waals surface area contributed by atoms with Crippen molar-refractivity contribution >= 4 is 5.97 Å². The Morgan fingerprint density at radius 2 is 1.86 bits per heavy atom. The molecular formula is C10H7F6NO4. The van der Waals surface area contributed by atoms with Crippen LogP contribution in [0.1, 0.15) is 11.3 Å². The zero-order chi connectivity index (χ0) is 16.4. The van der Waals surface area contributed by atoms with Crippen molar-refractivity contribution in [2.75, 3.05) is 7.11 Å². The van der Waals surface area contributed by atoms with E-state index >= 15 is 0 Å². The average Bonchev–Trinajstić information content (AvgIpc) is 2.23.